The summed E-state index contributed by atoms with van der Waals surface area (Å²) in [5.74, 6) is 1.95. The van der Waals surface area contributed by atoms with Crippen molar-refractivity contribution in [2.45, 2.75) is 6.10 Å². The molecule has 172 valence electrons. The fourth-order valence-electron chi connectivity index (χ4n) is 3.78. The second-order valence-electron chi connectivity index (χ2n) is 7.93. The first-order valence-corrected chi connectivity index (χ1v) is 10.7. The summed E-state index contributed by atoms with van der Waals surface area (Å²) in [5, 5.41) is 0. The number of carbonyl (C=O) groups is 1. The van der Waals surface area contributed by atoms with Crippen LogP contribution in [0.4, 0.5) is 5.95 Å². The molecule has 0 spiro atoms. The molecule has 0 radical (unpaired) electrons. The standard InChI is InChI=1S/C25H28N4O4/c1-28(2)25-26-15-21(17-8-10-19(31-3)11-9-17)23(27-25)22-16-29(12-13-33-22)24(30)18-6-5-7-20(14-18)32-4/h5-11,14-15,22H,12-13,16H2,1-4H3/t22-/m0/s1. The number of morpholine rings is 1. The highest BCUT2D eigenvalue weighted by molar-refractivity contribution is 5.94. The van der Waals surface area contributed by atoms with Crippen LogP contribution in [0.15, 0.2) is 54.7 Å². The number of methoxy groups -OCH3 is 2. The Hall–Kier alpha value is -3.65. The highest BCUT2D eigenvalue weighted by Crippen LogP contribution is 2.33. The van der Waals surface area contributed by atoms with Gasteiger partial charge in [-0.1, -0.05) is 18.2 Å². The van der Waals surface area contributed by atoms with Crippen LogP contribution < -0.4 is 14.4 Å². The Morgan fingerprint density at radius 3 is 2.55 bits per heavy atom. The first-order valence-electron chi connectivity index (χ1n) is 10.7. The molecule has 1 aliphatic heterocycles. The number of nitrogens with zero attached hydrogens (tertiary/aromatic N) is 4. The van der Waals surface area contributed by atoms with Crippen molar-refractivity contribution in [1.82, 2.24) is 14.9 Å². The van der Waals surface area contributed by atoms with Crippen LogP contribution in [0, 0.1) is 0 Å². The van der Waals surface area contributed by atoms with E-state index in [1.807, 2.05) is 61.6 Å². The van der Waals surface area contributed by atoms with E-state index >= 15 is 0 Å². The number of ether oxygens (including phenoxy) is 3. The van der Waals surface area contributed by atoms with Gasteiger partial charge in [-0.05, 0) is 35.9 Å². The van der Waals surface area contributed by atoms with Crippen LogP contribution in [0.3, 0.4) is 0 Å². The summed E-state index contributed by atoms with van der Waals surface area (Å²) < 4.78 is 16.7. The van der Waals surface area contributed by atoms with Crippen LogP contribution in [0.2, 0.25) is 0 Å². The first-order chi connectivity index (χ1) is 16.0. The molecule has 4 rings (SSSR count). The number of hydrogen-bond donors (Lipinski definition) is 0. The van der Waals surface area contributed by atoms with Crippen molar-refractivity contribution in [3.05, 3.63) is 66.0 Å². The molecular formula is C25H28N4O4. The highest BCUT2D eigenvalue weighted by Gasteiger charge is 2.30. The number of benzene rings is 2. The van der Waals surface area contributed by atoms with E-state index < -0.39 is 0 Å². The fraction of sp³-hybridized carbons (Fsp3) is 0.320. The Morgan fingerprint density at radius 1 is 1.09 bits per heavy atom. The zero-order chi connectivity index (χ0) is 23.4. The topological polar surface area (TPSA) is 77.0 Å². The average molecular weight is 449 g/mol. The van der Waals surface area contributed by atoms with Gasteiger partial charge in [0.1, 0.15) is 17.6 Å². The lowest BCUT2D eigenvalue weighted by Gasteiger charge is -2.33. The maximum Gasteiger partial charge on any atom is 0.254 e. The molecule has 0 bridgehead atoms. The predicted octanol–water partition coefficient (Wildman–Crippen LogP) is 3.44. The van der Waals surface area contributed by atoms with Crippen molar-refractivity contribution < 1.29 is 19.0 Å². The summed E-state index contributed by atoms with van der Waals surface area (Å²) in [4.78, 5) is 26.2. The average Bonchev–Trinajstić information content (AvgIpc) is 2.88. The number of hydrogen-bond acceptors (Lipinski definition) is 7. The predicted molar refractivity (Wildman–Crippen MR) is 126 cm³/mol. The largest absolute Gasteiger partial charge is 0.497 e. The monoisotopic (exact) mass is 448 g/mol. The molecule has 1 saturated heterocycles. The van der Waals surface area contributed by atoms with Gasteiger partial charge in [0.2, 0.25) is 5.95 Å². The molecule has 1 amide bonds. The van der Waals surface area contributed by atoms with Gasteiger partial charge in [0.05, 0.1) is 33.1 Å². The van der Waals surface area contributed by atoms with Crippen molar-refractivity contribution >= 4 is 11.9 Å². The summed E-state index contributed by atoms with van der Waals surface area (Å²) in [5.41, 5.74) is 3.16. The third-order valence-electron chi connectivity index (χ3n) is 5.58. The van der Waals surface area contributed by atoms with Gasteiger partial charge in [0.15, 0.2) is 0 Å². The number of carbonyl (C=O) groups excluding carboxylic acids is 1. The molecule has 0 aliphatic carbocycles. The van der Waals surface area contributed by atoms with E-state index in [2.05, 4.69) is 4.98 Å². The molecule has 8 nitrogen and oxygen atoms in total. The molecule has 0 saturated carbocycles. The maximum absolute atomic E-state index is 13.2. The zero-order valence-electron chi connectivity index (χ0n) is 19.3. The first kappa shape index (κ1) is 22.5. The normalized spacial score (nSPS) is 15.8. The lowest BCUT2D eigenvalue weighted by atomic mass is 10.0. The van der Waals surface area contributed by atoms with Gasteiger partial charge in [-0.15, -0.1) is 0 Å². The third kappa shape index (κ3) is 4.90. The molecule has 1 aromatic heterocycles. The van der Waals surface area contributed by atoms with E-state index in [9.17, 15) is 4.79 Å². The molecule has 3 aromatic rings. The van der Waals surface area contributed by atoms with Gasteiger partial charge < -0.3 is 24.0 Å². The summed E-state index contributed by atoms with van der Waals surface area (Å²) in [6, 6.07) is 14.9. The molecule has 1 aliphatic rings. The van der Waals surface area contributed by atoms with Crippen LogP contribution in [-0.2, 0) is 4.74 Å². The van der Waals surface area contributed by atoms with Gasteiger partial charge in [-0.2, -0.15) is 0 Å². The van der Waals surface area contributed by atoms with Gasteiger partial charge in [0, 0.05) is 38.0 Å². The lowest BCUT2D eigenvalue weighted by molar-refractivity contribution is -0.0244. The number of aromatic nitrogens is 2. The maximum atomic E-state index is 13.2. The van der Waals surface area contributed by atoms with Crippen molar-refractivity contribution in [3.63, 3.8) is 0 Å². The Morgan fingerprint density at radius 2 is 1.85 bits per heavy atom. The van der Waals surface area contributed by atoms with E-state index in [1.165, 1.54) is 0 Å². The molecule has 1 fully saturated rings. The molecule has 8 heteroatoms. The number of rotatable bonds is 6. The lowest BCUT2D eigenvalue weighted by Crippen LogP contribution is -2.42. The Balaban J connectivity index is 1.66. The molecule has 2 heterocycles. The molecule has 0 unspecified atom stereocenters. The van der Waals surface area contributed by atoms with E-state index in [0.29, 0.717) is 37.0 Å². The van der Waals surface area contributed by atoms with Crippen molar-refractivity contribution in [3.8, 4) is 22.6 Å². The SMILES string of the molecule is COc1ccc(-c2cnc(N(C)C)nc2[C@@H]2CN(C(=O)c3cccc(OC)c3)CCO2)cc1. The van der Waals surface area contributed by atoms with Crippen LogP contribution in [0.1, 0.15) is 22.2 Å². The Labute approximate surface area is 193 Å². The van der Waals surface area contributed by atoms with Crippen molar-refractivity contribution in [2.75, 3.05) is 52.9 Å². The van der Waals surface area contributed by atoms with Crippen molar-refractivity contribution in [2.24, 2.45) is 0 Å². The van der Waals surface area contributed by atoms with Gasteiger partial charge in [0.25, 0.3) is 5.91 Å². The second-order valence-corrected chi connectivity index (χ2v) is 7.93. The van der Waals surface area contributed by atoms with Crippen molar-refractivity contribution in [1.29, 1.82) is 0 Å². The molecule has 0 N–H and O–H groups in total. The van der Waals surface area contributed by atoms with Gasteiger partial charge in [-0.25, -0.2) is 9.97 Å². The second kappa shape index (κ2) is 9.87. The highest BCUT2D eigenvalue weighted by atomic mass is 16.5. The molecular weight excluding hydrogens is 420 g/mol. The fourth-order valence-corrected chi connectivity index (χ4v) is 3.78. The van der Waals surface area contributed by atoms with Gasteiger partial charge in [-0.3, -0.25) is 4.79 Å². The minimum Gasteiger partial charge on any atom is -0.497 e. The number of amides is 1. The van der Waals surface area contributed by atoms with E-state index in [1.54, 1.807) is 31.3 Å². The summed E-state index contributed by atoms with van der Waals surface area (Å²) in [7, 11) is 7.02. The molecule has 2 aromatic carbocycles. The summed E-state index contributed by atoms with van der Waals surface area (Å²) in [6.45, 7) is 1.32. The van der Waals surface area contributed by atoms with Crippen LogP contribution in [0.25, 0.3) is 11.1 Å². The van der Waals surface area contributed by atoms with Crippen LogP contribution in [-0.4, -0.2) is 68.8 Å². The summed E-state index contributed by atoms with van der Waals surface area (Å²) in [6.07, 6.45) is 1.43. The Bertz CT molecular complexity index is 1120. The number of anilines is 1. The quantitative estimate of drug-likeness (QED) is 0.572. The van der Waals surface area contributed by atoms with E-state index in [4.69, 9.17) is 19.2 Å². The Kier molecular flexibility index (Phi) is 6.74. The molecule has 1 atom stereocenters. The minimum atomic E-state index is -0.382. The zero-order valence-corrected chi connectivity index (χ0v) is 19.3. The van der Waals surface area contributed by atoms with E-state index in [-0.39, 0.29) is 12.0 Å². The third-order valence-corrected chi connectivity index (χ3v) is 5.58. The van der Waals surface area contributed by atoms with Gasteiger partial charge >= 0.3 is 0 Å². The minimum absolute atomic E-state index is 0.0601. The summed E-state index contributed by atoms with van der Waals surface area (Å²) >= 11 is 0. The molecule has 33 heavy (non-hydrogen) atoms. The van der Waals surface area contributed by atoms with Crippen LogP contribution >= 0.6 is 0 Å². The smallest absolute Gasteiger partial charge is 0.254 e. The van der Waals surface area contributed by atoms with Crippen LogP contribution in [0.5, 0.6) is 11.5 Å². The van der Waals surface area contributed by atoms with E-state index in [0.717, 1.165) is 22.6 Å².